The molecule has 2 aromatic rings. The average Bonchev–Trinajstić information content (AvgIpc) is 2.63. The van der Waals surface area contributed by atoms with E-state index >= 15 is 0 Å². The number of aromatic nitrogens is 1. The fraction of sp³-hybridized carbons (Fsp3) is 0.100. The molecule has 0 aliphatic heterocycles. The molecule has 15 heavy (non-hydrogen) atoms. The second-order valence-corrected chi connectivity index (χ2v) is 13.5. The number of aldehydes is 1. The summed E-state index contributed by atoms with van der Waals surface area (Å²) in [7, 11) is 0. The summed E-state index contributed by atoms with van der Waals surface area (Å²) in [6.07, 6.45) is 2.70. The van der Waals surface area contributed by atoms with Crippen molar-refractivity contribution in [3.63, 3.8) is 0 Å². The van der Waals surface area contributed by atoms with E-state index in [4.69, 9.17) is 0 Å². The van der Waals surface area contributed by atoms with Gasteiger partial charge in [-0.05, 0) is 12.1 Å². The quantitative estimate of drug-likeness (QED) is 0.322. The smallest absolute Gasteiger partial charge is 0.150 e. The number of fused-ring (bicyclic) bond motifs is 1. The number of rotatable bonds is 1. The lowest BCUT2D eigenvalue weighted by Gasteiger charge is -1.91. The van der Waals surface area contributed by atoms with E-state index in [2.05, 4.69) is 72.8 Å². The second kappa shape index (κ2) is 7.05. The molecule has 0 saturated carbocycles. The molecule has 0 fully saturated rings. The van der Waals surface area contributed by atoms with Crippen LogP contribution in [0.25, 0.3) is 10.9 Å². The third-order valence-corrected chi connectivity index (χ3v) is 1.76. The van der Waals surface area contributed by atoms with Crippen LogP contribution < -0.4 is 0 Å². The Hall–Kier alpha value is 0.620. The zero-order chi connectivity index (χ0) is 11.3. The maximum absolute atomic E-state index is 10.5. The molecule has 1 aromatic heterocycles. The minimum absolute atomic E-state index is 0.740. The molecule has 0 aliphatic rings. The van der Waals surface area contributed by atoms with Crippen molar-refractivity contribution in [1.29, 1.82) is 0 Å². The summed E-state index contributed by atoms with van der Waals surface area (Å²) in [5.41, 5.74) is 1.75. The summed E-state index contributed by atoms with van der Waals surface area (Å²) < 4.78 is 0.743. The van der Waals surface area contributed by atoms with Crippen molar-refractivity contribution in [2.75, 3.05) is 0 Å². The van der Waals surface area contributed by atoms with E-state index in [1.165, 1.54) is 0 Å². The number of alkyl halides is 3. The Bertz CT molecular complexity index is 436. The molecule has 0 radical (unpaired) electrons. The van der Waals surface area contributed by atoms with Crippen LogP contribution in [0.15, 0.2) is 30.5 Å². The lowest BCUT2D eigenvalue weighted by atomic mass is 10.1. The van der Waals surface area contributed by atoms with E-state index in [0.29, 0.717) is 0 Å². The first-order chi connectivity index (χ1) is 7.15. The molecular formula is C10H8I3NO. The van der Waals surface area contributed by atoms with Crippen molar-refractivity contribution >= 4 is 85.0 Å². The van der Waals surface area contributed by atoms with Crippen molar-refractivity contribution in [3.8, 4) is 0 Å². The van der Waals surface area contributed by atoms with Crippen molar-refractivity contribution in [3.05, 3.63) is 36.0 Å². The lowest BCUT2D eigenvalue weighted by molar-refractivity contribution is 0.112. The summed E-state index contributed by atoms with van der Waals surface area (Å²) in [6, 6.07) is 7.52. The van der Waals surface area contributed by atoms with Gasteiger partial charge in [0.1, 0.15) is -0.0619 Å². The highest BCUT2D eigenvalue weighted by Gasteiger charge is 1.97. The molecule has 0 saturated heterocycles. The Labute approximate surface area is 129 Å². The van der Waals surface area contributed by atoms with Crippen LogP contribution in [0.3, 0.4) is 0 Å². The molecular weight excluding hydrogens is 531 g/mol. The van der Waals surface area contributed by atoms with Crippen LogP contribution in [0.5, 0.6) is 0 Å². The Morgan fingerprint density at radius 3 is 2.47 bits per heavy atom. The molecule has 1 aromatic carbocycles. The van der Waals surface area contributed by atoms with Gasteiger partial charge in [0.2, 0.25) is 0 Å². The van der Waals surface area contributed by atoms with Gasteiger partial charge in [0.25, 0.3) is 0 Å². The predicted molar refractivity (Wildman–Crippen MR) is 89.5 cm³/mol. The van der Waals surface area contributed by atoms with E-state index in [0.717, 1.165) is 22.7 Å². The highest BCUT2D eigenvalue weighted by atomic mass is 127. The fourth-order valence-corrected chi connectivity index (χ4v) is 1.21. The molecule has 2 nitrogen and oxygen atoms in total. The van der Waals surface area contributed by atoms with Crippen LogP contribution in [0, 0.1) is 0 Å². The van der Waals surface area contributed by atoms with Gasteiger partial charge in [-0.15, -0.1) is 0 Å². The molecule has 0 unspecified atom stereocenters. The first-order valence-corrected chi connectivity index (χ1v) is 7.82. The fourth-order valence-electron chi connectivity index (χ4n) is 1.21. The van der Waals surface area contributed by atoms with Crippen LogP contribution in [0.2, 0.25) is 0 Å². The number of aromatic amines is 1. The van der Waals surface area contributed by atoms with Crippen LogP contribution >= 0.6 is 67.8 Å². The molecule has 1 heterocycles. The number of benzene rings is 1. The molecule has 0 spiro atoms. The van der Waals surface area contributed by atoms with Crippen molar-refractivity contribution in [2.45, 2.75) is -0.0619 Å². The van der Waals surface area contributed by atoms with E-state index in [1.807, 2.05) is 30.5 Å². The Balaban J connectivity index is 0.000000245. The molecule has 80 valence electrons. The van der Waals surface area contributed by atoms with Gasteiger partial charge in [-0.3, -0.25) is 4.79 Å². The van der Waals surface area contributed by atoms with Crippen molar-refractivity contribution in [1.82, 2.24) is 4.98 Å². The molecule has 0 amide bonds. The topological polar surface area (TPSA) is 32.9 Å². The molecule has 1 N–H and O–H groups in total. The van der Waals surface area contributed by atoms with Crippen molar-refractivity contribution < 1.29 is 4.79 Å². The third kappa shape index (κ3) is 4.55. The summed E-state index contributed by atoms with van der Waals surface area (Å²) in [5, 5.41) is 0.988. The number of hydrogen-bond acceptors (Lipinski definition) is 1. The maximum atomic E-state index is 10.5. The number of carbonyl (C=O) groups is 1. The van der Waals surface area contributed by atoms with Gasteiger partial charge in [0.05, 0.1) is 0 Å². The van der Waals surface area contributed by atoms with Gasteiger partial charge < -0.3 is 4.98 Å². The zero-order valence-corrected chi connectivity index (χ0v) is 14.1. The summed E-state index contributed by atoms with van der Waals surface area (Å²) >= 11 is 6.95. The SMILES string of the molecule is IC(I)I.O=Cc1cccc2[nH]ccc12. The van der Waals surface area contributed by atoms with Crippen molar-refractivity contribution in [2.24, 2.45) is 0 Å². The number of nitrogens with one attached hydrogen (secondary N) is 1. The summed E-state index contributed by atoms with van der Waals surface area (Å²) in [6.45, 7) is 0. The predicted octanol–water partition coefficient (Wildman–Crippen LogP) is 4.56. The average molecular weight is 539 g/mol. The maximum Gasteiger partial charge on any atom is 0.150 e. The molecule has 0 atom stereocenters. The minimum atomic E-state index is 0.740. The largest absolute Gasteiger partial charge is 0.361 e. The van der Waals surface area contributed by atoms with Crippen LogP contribution in [0.1, 0.15) is 10.4 Å². The van der Waals surface area contributed by atoms with E-state index < -0.39 is 0 Å². The number of hydrogen-bond donors (Lipinski definition) is 1. The Morgan fingerprint density at radius 2 is 1.87 bits per heavy atom. The van der Waals surface area contributed by atoms with E-state index in [9.17, 15) is 4.79 Å². The van der Waals surface area contributed by atoms with Gasteiger partial charge in [0, 0.05) is 22.7 Å². The highest BCUT2D eigenvalue weighted by molar-refractivity contribution is 14.3. The number of carbonyl (C=O) groups excluding carboxylic acids is 1. The van der Waals surface area contributed by atoms with Gasteiger partial charge in [0.15, 0.2) is 6.29 Å². The van der Waals surface area contributed by atoms with Gasteiger partial charge in [-0.25, -0.2) is 0 Å². The van der Waals surface area contributed by atoms with Crippen LogP contribution in [-0.4, -0.2) is 11.2 Å². The molecule has 0 aliphatic carbocycles. The third-order valence-electron chi connectivity index (χ3n) is 1.76. The standard InChI is InChI=1S/C9H7NO.CHI3/c11-6-7-2-1-3-9-8(7)4-5-10-9;2-1(3)4/h1-6,10H;1H. The number of halogens is 3. The first-order valence-electron chi connectivity index (χ1n) is 4.08. The zero-order valence-electron chi connectivity index (χ0n) is 7.58. The normalized spacial score (nSPS) is 9.87. The lowest BCUT2D eigenvalue weighted by Crippen LogP contribution is -1.78. The minimum Gasteiger partial charge on any atom is -0.361 e. The summed E-state index contributed by atoms with van der Waals surface area (Å²) in [5.74, 6) is 0. The van der Waals surface area contributed by atoms with E-state index in [1.54, 1.807) is 0 Å². The summed E-state index contributed by atoms with van der Waals surface area (Å²) in [4.78, 5) is 13.5. The van der Waals surface area contributed by atoms with Crippen LogP contribution in [0.4, 0.5) is 0 Å². The van der Waals surface area contributed by atoms with Gasteiger partial charge in [-0.2, -0.15) is 0 Å². The van der Waals surface area contributed by atoms with Gasteiger partial charge >= 0.3 is 0 Å². The monoisotopic (exact) mass is 539 g/mol. The molecule has 2 rings (SSSR count). The Morgan fingerprint density at radius 1 is 1.20 bits per heavy atom. The molecule has 5 heteroatoms. The van der Waals surface area contributed by atoms with E-state index in [-0.39, 0.29) is 0 Å². The highest BCUT2D eigenvalue weighted by Crippen LogP contribution is 2.16. The molecule has 0 bridgehead atoms. The number of H-pyrrole nitrogens is 1. The van der Waals surface area contributed by atoms with Gasteiger partial charge in [-0.1, -0.05) is 79.9 Å². The second-order valence-electron chi connectivity index (χ2n) is 2.65. The Kier molecular flexibility index (Phi) is 6.43. The van der Waals surface area contributed by atoms with Crippen LogP contribution in [-0.2, 0) is 0 Å². The first kappa shape index (κ1) is 13.7.